The van der Waals surface area contributed by atoms with E-state index in [0.717, 1.165) is 0 Å². The van der Waals surface area contributed by atoms with Gasteiger partial charge in [0.2, 0.25) is 0 Å². The number of fused-ring (bicyclic) bond motifs is 3. The second kappa shape index (κ2) is 6.86. The van der Waals surface area contributed by atoms with Crippen molar-refractivity contribution < 1.29 is 0 Å². The van der Waals surface area contributed by atoms with Gasteiger partial charge in [-0.2, -0.15) is 0 Å². The lowest BCUT2D eigenvalue weighted by atomic mass is 9.86. The molecule has 0 radical (unpaired) electrons. The van der Waals surface area contributed by atoms with E-state index < -0.39 is 0 Å². The molecule has 31 heavy (non-hydrogen) atoms. The predicted octanol–water partition coefficient (Wildman–Crippen LogP) is 8.64. The van der Waals surface area contributed by atoms with Gasteiger partial charge >= 0.3 is 0 Å². The second-order valence-corrected chi connectivity index (χ2v) is 11.6. The average Bonchev–Trinajstić information content (AvgIpc) is 3.38. The lowest BCUT2D eigenvalue weighted by Crippen LogP contribution is -2.10. The first-order valence-corrected chi connectivity index (χ1v) is 11.8. The summed E-state index contributed by atoms with van der Waals surface area (Å²) in [6.45, 7) is 13.5. The average molecular weight is 427 g/mol. The highest BCUT2D eigenvalue weighted by molar-refractivity contribution is 7.26. The van der Waals surface area contributed by atoms with E-state index in [1.54, 1.807) is 0 Å². The van der Waals surface area contributed by atoms with Gasteiger partial charge in [0.25, 0.3) is 0 Å². The van der Waals surface area contributed by atoms with Crippen molar-refractivity contribution in [2.45, 2.75) is 52.4 Å². The number of rotatable bonds is 2. The fraction of sp³-hybridized carbons (Fsp3) is 0.286. The monoisotopic (exact) mass is 426 g/mol. The zero-order valence-electron chi connectivity index (χ0n) is 19.2. The summed E-state index contributed by atoms with van der Waals surface area (Å²) in [5.41, 5.74) is 10.5. The number of H-pyrrole nitrogens is 2. The minimum atomic E-state index is 0.169. The van der Waals surface area contributed by atoms with Gasteiger partial charge in [-0.1, -0.05) is 90.1 Å². The Labute approximate surface area is 188 Å². The SMILES string of the molecule is CC(C)(C)c1ccc(-c2c[nH]c3c2sc2c(-c4ccc(C(C)(C)C)cc4)c[nH]c23)cc1. The zero-order chi connectivity index (χ0) is 22.0. The molecule has 2 N–H and O–H groups in total. The molecule has 0 bridgehead atoms. The summed E-state index contributed by atoms with van der Waals surface area (Å²) in [6, 6.07) is 18.1. The topological polar surface area (TPSA) is 31.6 Å². The molecule has 3 heteroatoms. The highest BCUT2D eigenvalue weighted by Crippen LogP contribution is 2.43. The van der Waals surface area contributed by atoms with Crippen molar-refractivity contribution in [2.24, 2.45) is 0 Å². The van der Waals surface area contributed by atoms with Crippen LogP contribution in [0, 0.1) is 0 Å². The van der Waals surface area contributed by atoms with Crippen LogP contribution >= 0.6 is 11.3 Å². The lowest BCUT2D eigenvalue weighted by molar-refractivity contribution is 0.590. The Hall–Kier alpha value is -2.78. The summed E-state index contributed by atoms with van der Waals surface area (Å²) in [5.74, 6) is 0. The fourth-order valence-electron chi connectivity index (χ4n) is 4.23. The molecular weight excluding hydrogens is 396 g/mol. The molecule has 5 rings (SSSR count). The molecule has 0 fully saturated rings. The minimum Gasteiger partial charge on any atom is -0.358 e. The quantitative estimate of drug-likeness (QED) is 0.283. The maximum atomic E-state index is 3.53. The number of aromatic nitrogens is 2. The molecule has 0 saturated carbocycles. The van der Waals surface area contributed by atoms with Crippen LogP contribution in [0.15, 0.2) is 60.9 Å². The Balaban J connectivity index is 1.58. The molecule has 0 spiro atoms. The number of thiophene rings is 1. The summed E-state index contributed by atoms with van der Waals surface area (Å²) in [6.07, 6.45) is 4.29. The summed E-state index contributed by atoms with van der Waals surface area (Å²) in [4.78, 5) is 7.05. The molecular formula is C28H30N2S. The number of hydrogen-bond donors (Lipinski definition) is 2. The number of benzene rings is 2. The summed E-state index contributed by atoms with van der Waals surface area (Å²) < 4.78 is 2.64. The first-order valence-electron chi connectivity index (χ1n) is 11.0. The molecule has 0 unspecified atom stereocenters. The van der Waals surface area contributed by atoms with Crippen molar-refractivity contribution >= 4 is 31.8 Å². The van der Waals surface area contributed by atoms with Gasteiger partial charge in [0.05, 0.1) is 20.4 Å². The highest BCUT2D eigenvalue weighted by atomic mass is 32.1. The number of nitrogens with one attached hydrogen (secondary N) is 2. The van der Waals surface area contributed by atoms with Crippen LogP contribution in [0.3, 0.4) is 0 Å². The second-order valence-electron chi connectivity index (χ2n) is 10.6. The van der Waals surface area contributed by atoms with Crippen molar-refractivity contribution in [3.05, 3.63) is 72.1 Å². The van der Waals surface area contributed by atoms with E-state index in [4.69, 9.17) is 0 Å². The van der Waals surface area contributed by atoms with Crippen molar-refractivity contribution in [3.63, 3.8) is 0 Å². The van der Waals surface area contributed by atoms with E-state index in [9.17, 15) is 0 Å². The highest BCUT2D eigenvalue weighted by Gasteiger charge is 2.19. The summed E-state index contributed by atoms with van der Waals surface area (Å²) >= 11 is 1.87. The van der Waals surface area contributed by atoms with Crippen LogP contribution in [0.25, 0.3) is 42.7 Å². The Bertz CT molecular complexity index is 1260. The number of aromatic amines is 2. The van der Waals surface area contributed by atoms with Gasteiger partial charge in [-0.3, -0.25) is 0 Å². The van der Waals surface area contributed by atoms with Gasteiger partial charge in [0.15, 0.2) is 0 Å². The lowest BCUT2D eigenvalue weighted by Gasteiger charge is -2.19. The van der Waals surface area contributed by atoms with Crippen molar-refractivity contribution in [3.8, 4) is 22.3 Å². The van der Waals surface area contributed by atoms with Gasteiger partial charge < -0.3 is 9.97 Å². The van der Waals surface area contributed by atoms with Gasteiger partial charge in [-0.15, -0.1) is 11.3 Å². The van der Waals surface area contributed by atoms with Gasteiger partial charge in [-0.25, -0.2) is 0 Å². The van der Waals surface area contributed by atoms with E-state index in [0.29, 0.717) is 0 Å². The van der Waals surface area contributed by atoms with Crippen molar-refractivity contribution in [1.29, 1.82) is 0 Å². The Morgan fingerprint density at radius 1 is 0.548 bits per heavy atom. The summed E-state index contributed by atoms with van der Waals surface area (Å²) in [7, 11) is 0. The van der Waals surface area contributed by atoms with Crippen LogP contribution in [-0.2, 0) is 10.8 Å². The molecule has 0 aliphatic rings. The van der Waals surface area contributed by atoms with Crippen molar-refractivity contribution in [2.75, 3.05) is 0 Å². The normalized spacial score (nSPS) is 12.8. The molecule has 0 aliphatic heterocycles. The van der Waals surface area contributed by atoms with Crippen molar-refractivity contribution in [1.82, 2.24) is 9.97 Å². The van der Waals surface area contributed by atoms with Gasteiger partial charge in [0.1, 0.15) is 0 Å². The van der Waals surface area contributed by atoms with Gasteiger partial charge in [-0.05, 0) is 33.1 Å². The van der Waals surface area contributed by atoms with E-state index in [1.807, 2.05) is 11.3 Å². The zero-order valence-corrected chi connectivity index (χ0v) is 20.0. The third kappa shape index (κ3) is 3.41. The maximum absolute atomic E-state index is 3.53. The molecule has 2 nitrogen and oxygen atoms in total. The Morgan fingerprint density at radius 2 is 0.903 bits per heavy atom. The minimum absolute atomic E-state index is 0.169. The molecule has 0 atom stereocenters. The van der Waals surface area contributed by atoms with Crippen LogP contribution in [0.2, 0.25) is 0 Å². The largest absolute Gasteiger partial charge is 0.358 e. The fourth-order valence-corrected chi connectivity index (χ4v) is 5.54. The molecule has 3 heterocycles. The van der Waals surface area contributed by atoms with Gasteiger partial charge in [0, 0.05) is 23.5 Å². The molecule has 0 saturated heterocycles. The molecule has 3 aromatic heterocycles. The van der Waals surface area contributed by atoms with E-state index in [2.05, 4.69) is 112 Å². The smallest absolute Gasteiger partial charge is 0.0816 e. The van der Waals surface area contributed by atoms with Crippen LogP contribution in [0.4, 0.5) is 0 Å². The van der Waals surface area contributed by atoms with E-state index >= 15 is 0 Å². The third-order valence-corrected chi connectivity index (χ3v) is 7.50. The molecule has 158 valence electrons. The van der Waals surface area contributed by atoms with Crippen LogP contribution in [-0.4, -0.2) is 9.97 Å². The third-order valence-electron chi connectivity index (χ3n) is 6.24. The standard InChI is InChI=1S/C28H30N2S/c1-27(2,3)19-11-7-17(8-12-19)21-15-29-23-24-26(31-25(21)23)22(16-30-24)18-9-13-20(14-10-18)28(4,5)6/h7-16,29-30H,1-6H3. The molecule has 0 amide bonds. The first kappa shape index (κ1) is 20.1. The van der Waals surface area contributed by atoms with E-state index in [-0.39, 0.29) is 10.8 Å². The maximum Gasteiger partial charge on any atom is 0.0816 e. The Morgan fingerprint density at radius 3 is 1.23 bits per heavy atom. The number of hydrogen-bond acceptors (Lipinski definition) is 1. The molecule has 2 aromatic carbocycles. The predicted molar refractivity (Wildman–Crippen MR) is 136 cm³/mol. The van der Waals surface area contributed by atoms with E-state index in [1.165, 1.54) is 53.8 Å². The summed E-state index contributed by atoms with van der Waals surface area (Å²) in [5, 5.41) is 0. The Kier molecular flexibility index (Phi) is 4.46. The molecule has 5 aromatic rings. The van der Waals surface area contributed by atoms with Crippen LogP contribution in [0.5, 0.6) is 0 Å². The van der Waals surface area contributed by atoms with Crippen LogP contribution in [0.1, 0.15) is 52.7 Å². The van der Waals surface area contributed by atoms with Crippen LogP contribution < -0.4 is 0 Å². The first-order chi connectivity index (χ1) is 14.6. The molecule has 0 aliphatic carbocycles.